The van der Waals surface area contributed by atoms with Crippen LogP contribution in [0.3, 0.4) is 0 Å². The van der Waals surface area contributed by atoms with E-state index >= 15 is 0 Å². The summed E-state index contributed by atoms with van der Waals surface area (Å²) in [6.45, 7) is 10.5. The molecule has 0 aliphatic heterocycles. The van der Waals surface area contributed by atoms with Gasteiger partial charge in [-0.15, -0.1) is 55.4 Å². The van der Waals surface area contributed by atoms with E-state index in [9.17, 15) is 0 Å². The number of halogens is 6. The van der Waals surface area contributed by atoms with Crippen molar-refractivity contribution in [3.8, 4) is 0 Å². The van der Waals surface area contributed by atoms with E-state index < -0.39 is 20.1 Å². The lowest BCUT2D eigenvalue weighted by Gasteiger charge is -2.05. The highest BCUT2D eigenvalue weighted by molar-refractivity contribution is 7.64. The van der Waals surface area contributed by atoms with Crippen LogP contribution in [0, 0.1) is 0 Å². The molecular weight excluding hydrogens is 477 g/mol. The first-order valence-corrected chi connectivity index (χ1v) is 20.0. The molecule has 0 saturated carbocycles. The maximum atomic E-state index is 5.86. The van der Waals surface area contributed by atoms with Gasteiger partial charge in [-0.1, -0.05) is 78.4 Å². The van der Waals surface area contributed by atoms with Gasteiger partial charge in [0.25, 0.3) is 0 Å². The predicted molar refractivity (Wildman–Crippen MR) is 142 cm³/mol. The van der Waals surface area contributed by atoms with Crippen LogP contribution >= 0.6 is 66.5 Å². The van der Waals surface area contributed by atoms with Crippen molar-refractivity contribution < 1.29 is 0 Å². The third kappa shape index (κ3) is 103. The molecule has 0 amide bonds. The normalized spacial score (nSPS) is 9.00. The molecule has 162 valence electrons. The summed E-state index contributed by atoms with van der Waals surface area (Å²) in [7, 11) is -1.16. The maximum absolute atomic E-state index is 5.86. The fourth-order valence-corrected chi connectivity index (χ4v) is 0. The van der Waals surface area contributed by atoms with Gasteiger partial charge >= 0.3 is 6.00 Å². The summed E-state index contributed by atoms with van der Waals surface area (Å²) in [6, 6.07) is 0.607. The highest BCUT2D eigenvalue weighted by Gasteiger charge is 2.20. The Labute approximate surface area is 188 Å². The summed E-state index contributed by atoms with van der Waals surface area (Å²) in [6.07, 6.45) is 0. The van der Waals surface area contributed by atoms with Crippen molar-refractivity contribution in [2.75, 3.05) is 0 Å². The molecule has 0 unspecified atom stereocenters. The minimum atomic E-state index is -2.21. The fourth-order valence-electron chi connectivity index (χ4n) is 0. The van der Waals surface area contributed by atoms with Crippen molar-refractivity contribution >= 4 is 86.6 Å². The monoisotopic (exact) mass is 522 g/mol. The summed E-state index contributed by atoms with van der Waals surface area (Å²) in [4.78, 5) is 0. The van der Waals surface area contributed by atoms with Gasteiger partial charge in [0.1, 0.15) is 7.38 Å². The molecule has 0 aliphatic carbocycles. The van der Waals surface area contributed by atoms with Gasteiger partial charge in [-0.05, 0) is 24.7 Å². The molecule has 0 bridgehead atoms. The molecule has 0 N–H and O–H groups in total. The molecule has 0 aromatic heterocycles. The molecule has 0 spiro atoms. The van der Waals surface area contributed by atoms with Crippen LogP contribution in [0.1, 0.15) is 65.3 Å². The summed E-state index contributed by atoms with van der Waals surface area (Å²) < 4.78 is 0. The van der Waals surface area contributed by atoms with Crippen LogP contribution in [-0.4, -0.2) is 20.1 Å². The van der Waals surface area contributed by atoms with Gasteiger partial charge in [-0.25, -0.2) is 0 Å². The molecule has 0 heterocycles. The smallest absolute Gasteiger partial charge is 0.168 e. The minimum Gasteiger partial charge on any atom is -0.168 e. The molecule has 0 nitrogen and oxygen atoms in total. The van der Waals surface area contributed by atoms with Crippen LogP contribution in [0.25, 0.3) is 0 Å². The SMILES string of the molecule is C.C.C.C.C.C.CC[Si](C)(C)Cl.CC[Si](C)(Cl)Cl.CC[Si](Cl)(Cl)Cl. The van der Waals surface area contributed by atoms with Crippen LogP contribution < -0.4 is 0 Å². The summed E-state index contributed by atoms with van der Waals surface area (Å²) in [5, 5.41) is 0. The van der Waals surface area contributed by atoms with E-state index in [4.69, 9.17) is 66.5 Å². The van der Waals surface area contributed by atoms with Crippen molar-refractivity contribution in [2.45, 2.75) is 103 Å². The predicted octanol–water partition coefficient (Wildman–Crippen LogP) is 11.5. The molecule has 0 fully saturated rings. The van der Waals surface area contributed by atoms with Crippen molar-refractivity contribution in [3.05, 3.63) is 0 Å². The lowest BCUT2D eigenvalue weighted by Crippen LogP contribution is -2.12. The largest absolute Gasteiger partial charge is 0.341 e. The Morgan fingerprint density at radius 2 is 0.625 bits per heavy atom. The molecule has 0 saturated heterocycles. The Balaban J connectivity index is -0.0000000179. The van der Waals surface area contributed by atoms with E-state index in [0.29, 0.717) is 6.04 Å². The quantitative estimate of drug-likeness (QED) is 0.254. The minimum absolute atomic E-state index is 0. The lowest BCUT2D eigenvalue weighted by atomic mass is 11.0. The highest BCUT2D eigenvalue weighted by Crippen LogP contribution is 2.23. The first-order valence-electron chi connectivity index (χ1n) is 5.82. The van der Waals surface area contributed by atoms with Gasteiger partial charge in [-0.3, -0.25) is 0 Å². The van der Waals surface area contributed by atoms with E-state index in [-0.39, 0.29) is 44.6 Å². The van der Waals surface area contributed by atoms with Crippen LogP contribution in [0.4, 0.5) is 0 Å². The molecule has 24 heavy (non-hydrogen) atoms. The summed E-state index contributed by atoms with van der Waals surface area (Å²) >= 11 is 33.3. The van der Waals surface area contributed by atoms with Crippen molar-refractivity contribution in [1.82, 2.24) is 0 Å². The van der Waals surface area contributed by atoms with E-state index in [1.54, 1.807) is 0 Å². The fraction of sp³-hybridized carbons (Fsp3) is 1.00. The van der Waals surface area contributed by atoms with Gasteiger partial charge in [0.05, 0.1) is 0 Å². The maximum Gasteiger partial charge on any atom is 0.341 e. The Bertz CT molecular complexity index is 154. The van der Waals surface area contributed by atoms with Crippen LogP contribution in [0.2, 0.25) is 37.8 Å². The Morgan fingerprint density at radius 1 is 0.500 bits per heavy atom. The zero-order chi connectivity index (χ0) is 15.6. The third-order valence-electron chi connectivity index (χ3n) is 1.86. The summed E-state index contributed by atoms with van der Waals surface area (Å²) in [5.74, 6) is 0. The zero-order valence-corrected chi connectivity index (χ0v) is 19.4. The van der Waals surface area contributed by atoms with Gasteiger partial charge < -0.3 is 0 Å². The Kier molecular flexibility index (Phi) is 64.7. The van der Waals surface area contributed by atoms with Gasteiger partial charge in [0.15, 0.2) is 0 Å². The molecule has 0 radical (unpaired) electrons. The van der Waals surface area contributed by atoms with Crippen LogP contribution in [-0.2, 0) is 0 Å². The summed E-state index contributed by atoms with van der Waals surface area (Å²) in [5.41, 5.74) is 0. The van der Waals surface area contributed by atoms with Crippen molar-refractivity contribution in [2.24, 2.45) is 0 Å². The van der Waals surface area contributed by atoms with Gasteiger partial charge in [0, 0.05) is 0 Å². The molecule has 0 rings (SSSR count). The van der Waals surface area contributed by atoms with Gasteiger partial charge in [0.2, 0.25) is 6.69 Å². The van der Waals surface area contributed by atoms with Crippen molar-refractivity contribution in [3.63, 3.8) is 0 Å². The molecule has 0 atom stereocenters. The molecule has 0 aromatic rings. The van der Waals surface area contributed by atoms with E-state index in [1.807, 2.05) is 20.4 Å². The standard InChI is InChI=1S/C4H11ClSi.C3H8Cl2Si.C2H5Cl3Si.6CH4/c1-4-6(2,3)5;1-3-6(2,4)5;1-2-6(3,4)5;;;;;;/h4H2,1-3H3;3H2,1-2H3;2H2,1H3;6*1H4. The number of hydrogen-bond donors (Lipinski definition) is 0. The average Bonchev–Trinajstić information content (AvgIpc) is 2.16. The van der Waals surface area contributed by atoms with E-state index in [2.05, 4.69) is 20.0 Å². The van der Waals surface area contributed by atoms with Gasteiger partial charge in [-0.2, -0.15) is 11.1 Å². The third-order valence-corrected chi connectivity index (χ3v) is 10.4. The van der Waals surface area contributed by atoms with E-state index in [0.717, 1.165) is 6.04 Å². The topological polar surface area (TPSA) is 0 Å². The average molecular weight is 526 g/mol. The van der Waals surface area contributed by atoms with E-state index in [1.165, 1.54) is 6.04 Å². The highest BCUT2D eigenvalue weighted by atomic mass is 35.8. The number of hydrogen-bond acceptors (Lipinski definition) is 0. The zero-order valence-electron chi connectivity index (χ0n) is 11.9. The molecule has 0 aromatic carbocycles. The second kappa shape index (κ2) is 27.6. The van der Waals surface area contributed by atoms with Crippen LogP contribution in [0.5, 0.6) is 0 Å². The number of rotatable bonds is 3. The second-order valence-electron chi connectivity index (χ2n) is 4.46. The van der Waals surface area contributed by atoms with Crippen LogP contribution in [0.15, 0.2) is 0 Å². The second-order valence-corrected chi connectivity index (χ2v) is 29.6. The van der Waals surface area contributed by atoms with Crippen molar-refractivity contribution in [1.29, 1.82) is 0 Å². The Hall–Kier alpha value is 2.39. The molecule has 0 aliphatic rings. The lowest BCUT2D eigenvalue weighted by molar-refractivity contribution is 1.40. The first kappa shape index (κ1) is 56.3. The molecular formula is C15H48Cl6Si3. The Morgan fingerprint density at radius 3 is 0.625 bits per heavy atom. The first-order chi connectivity index (χ1) is 7.68. The molecule has 9 heteroatoms.